The van der Waals surface area contributed by atoms with Crippen molar-refractivity contribution in [1.29, 1.82) is 0 Å². The molecule has 0 aliphatic carbocycles. The average Bonchev–Trinajstić information content (AvgIpc) is 2.77. The molecule has 0 amide bonds. The SMILES string of the molecule is O=C(O)c1ccccn1.c1cscn1. The summed E-state index contributed by atoms with van der Waals surface area (Å²) < 4.78 is 0. The Hall–Kier alpha value is -1.75. The largest absolute Gasteiger partial charge is 0.477 e. The lowest BCUT2D eigenvalue weighted by atomic mass is 10.4. The lowest BCUT2D eigenvalue weighted by Crippen LogP contribution is -1.97. The predicted molar refractivity (Wildman–Crippen MR) is 53.3 cm³/mol. The Morgan fingerprint density at radius 1 is 1.36 bits per heavy atom. The molecule has 2 heterocycles. The molecule has 2 aromatic heterocycles. The van der Waals surface area contributed by atoms with Crippen molar-refractivity contribution in [3.8, 4) is 0 Å². The Morgan fingerprint density at radius 2 is 2.21 bits per heavy atom. The van der Waals surface area contributed by atoms with Gasteiger partial charge in [0.25, 0.3) is 0 Å². The van der Waals surface area contributed by atoms with Crippen molar-refractivity contribution >= 4 is 17.3 Å². The summed E-state index contributed by atoms with van der Waals surface area (Å²) >= 11 is 1.60. The van der Waals surface area contributed by atoms with E-state index < -0.39 is 5.97 Å². The molecular formula is C9H8N2O2S. The second-order valence-electron chi connectivity index (χ2n) is 2.20. The number of carbonyl (C=O) groups is 1. The number of carboxylic acid groups (broad SMARTS) is 1. The third-order valence-electron chi connectivity index (χ3n) is 1.23. The number of rotatable bonds is 1. The third kappa shape index (κ3) is 3.77. The molecule has 0 aliphatic rings. The Labute approximate surface area is 84.9 Å². The van der Waals surface area contributed by atoms with E-state index in [0.29, 0.717) is 0 Å². The zero-order chi connectivity index (χ0) is 10.2. The van der Waals surface area contributed by atoms with E-state index in [-0.39, 0.29) is 5.69 Å². The van der Waals surface area contributed by atoms with E-state index in [4.69, 9.17) is 5.11 Å². The molecule has 2 aromatic rings. The molecule has 0 bridgehead atoms. The van der Waals surface area contributed by atoms with Gasteiger partial charge < -0.3 is 5.11 Å². The molecule has 5 heteroatoms. The van der Waals surface area contributed by atoms with Crippen molar-refractivity contribution in [1.82, 2.24) is 9.97 Å². The highest BCUT2D eigenvalue weighted by Crippen LogP contribution is 1.90. The van der Waals surface area contributed by atoms with E-state index in [1.54, 1.807) is 35.2 Å². The molecule has 0 saturated heterocycles. The van der Waals surface area contributed by atoms with E-state index in [2.05, 4.69) is 9.97 Å². The summed E-state index contributed by atoms with van der Waals surface area (Å²) in [5.74, 6) is -0.990. The molecule has 72 valence electrons. The minimum absolute atomic E-state index is 0.0810. The second kappa shape index (κ2) is 5.82. The summed E-state index contributed by atoms with van der Waals surface area (Å²) in [5.41, 5.74) is 1.87. The molecule has 0 spiro atoms. The van der Waals surface area contributed by atoms with Gasteiger partial charge in [-0.15, -0.1) is 11.3 Å². The highest BCUT2D eigenvalue weighted by molar-refractivity contribution is 7.07. The summed E-state index contributed by atoms with van der Waals surface area (Å²) in [5, 5.41) is 10.3. The van der Waals surface area contributed by atoms with Crippen molar-refractivity contribution in [2.75, 3.05) is 0 Å². The molecular weight excluding hydrogens is 200 g/mol. The van der Waals surface area contributed by atoms with E-state index in [1.165, 1.54) is 12.3 Å². The number of nitrogens with zero attached hydrogens (tertiary/aromatic N) is 2. The molecule has 14 heavy (non-hydrogen) atoms. The van der Waals surface area contributed by atoms with Crippen molar-refractivity contribution in [3.05, 3.63) is 47.2 Å². The number of aromatic nitrogens is 2. The third-order valence-corrected chi connectivity index (χ3v) is 1.75. The number of pyridine rings is 1. The first-order chi connectivity index (χ1) is 6.80. The maximum atomic E-state index is 10.1. The minimum Gasteiger partial charge on any atom is -0.477 e. The van der Waals surface area contributed by atoms with E-state index in [9.17, 15) is 4.79 Å². The van der Waals surface area contributed by atoms with Crippen molar-refractivity contribution < 1.29 is 9.90 Å². The minimum atomic E-state index is -0.990. The summed E-state index contributed by atoms with van der Waals surface area (Å²) in [7, 11) is 0. The molecule has 0 unspecified atom stereocenters. The Kier molecular flexibility index (Phi) is 4.30. The van der Waals surface area contributed by atoms with E-state index >= 15 is 0 Å². The van der Waals surface area contributed by atoms with E-state index in [1.807, 2.05) is 5.38 Å². The van der Waals surface area contributed by atoms with Gasteiger partial charge in [-0.3, -0.25) is 4.98 Å². The molecule has 4 nitrogen and oxygen atoms in total. The first-order valence-corrected chi connectivity index (χ1v) is 4.71. The molecule has 0 radical (unpaired) electrons. The molecule has 0 saturated carbocycles. The quantitative estimate of drug-likeness (QED) is 0.777. The number of thiazole rings is 1. The van der Waals surface area contributed by atoms with Gasteiger partial charge in [-0.05, 0) is 12.1 Å². The van der Waals surface area contributed by atoms with Gasteiger partial charge in [0.15, 0.2) is 0 Å². The van der Waals surface area contributed by atoms with Gasteiger partial charge in [-0.1, -0.05) is 6.07 Å². The van der Waals surface area contributed by atoms with Crippen LogP contribution in [-0.2, 0) is 0 Å². The summed E-state index contributed by atoms with van der Waals surface area (Å²) in [6, 6.07) is 4.76. The molecule has 0 atom stereocenters. The maximum absolute atomic E-state index is 10.1. The number of carboxylic acids is 1. The van der Waals surface area contributed by atoms with Gasteiger partial charge in [0.05, 0.1) is 5.51 Å². The average molecular weight is 208 g/mol. The molecule has 2 rings (SSSR count). The Balaban J connectivity index is 0.000000165. The van der Waals surface area contributed by atoms with Crippen LogP contribution in [0.4, 0.5) is 0 Å². The molecule has 0 aliphatic heterocycles. The molecule has 0 aromatic carbocycles. The lowest BCUT2D eigenvalue weighted by molar-refractivity contribution is 0.0690. The standard InChI is InChI=1S/C6H5NO2.C3H3NS/c8-6(9)5-3-1-2-4-7-5;1-2-5-3-4-1/h1-4H,(H,8,9);1-3H. The number of hydrogen-bond donors (Lipinski definition) is 1. The number of aromatic carboxylic acids is 1. The van der Waals surface area contributed by atoms with Crippen LogP contribution in [-0.4, -0.2) is 21.0 Å². The fourth-order valence-electron chi connectivity index (χ4n) is 0.665. The smallest absolute Gasteiger partial charge is 0.354 e. The molecule has 0 fully saturated rings. The van der Waals surface area contributed by atoms with Crippen LogP contribution >= 0.6 is 11.3 Å². The van der Waals surface area contributed by atoms with Crippen molar-refractivity contribution in [3.63, 3.8) is 0 Å². The highest BCUT2D eigenvalue weighted by atomic mass is 32.1. The molecule has 1 N–H and O–H groups in total. The van der Waals surface area contributed by atoms with Crippen molar-refractivity contribution in [2.24, 2.45) is 0 Å². The zero-order valence-corrected chi connectivity index (χ0v) is 8.02. The summed E-state index contributed by atoms with van der Waals surface area (Å²) in [6.45, 7) is 0. The normalized spacial score (nSPS) is 8.57. The Morgan fingerprint density at radius 3 is 2.50 bits per heavy atom. The van der Waals surface area contributed by atoms with Crippen LogP contribution in [0, 0.1) is 0 Å². The van der Waals surface area contributed by atoms with Gasteiger partial charge in [-0.25, -0.2) is 9.78 Å². The summed E-state index contributed by atoms with van der Waals surface area (Å²) in [6.07, 6.45) is 3.22. The summed E-state index contributed by atoms with van der Waals surface area (Å²) in [4.78, 5) is 17.5. The first-order valence-electron chi connectivity index (χ1n) is 3.77. The number of hydrogen-bond acceptors (Lipinski definition) is 4. The highest BCUT2D eigenvalue weighted by Gasteiger charge is 1.98. The second-order valence-corrected chi connectivity index (χ2v) is 2.95. The maximum Gasteiger partial charge on any atom is 0.354 e. The van der Waals surface area contributed by atoms with Gasteiger partial charge in [0, 0.05) is 17.8 Å². The fraction of sp³-hybridized carbons (Fsp3) is 0. The predicted octanol–water partition coefficient (Wildman–Crippen LogP) is 1.92. The van der Waals surface area contributed by atoms with Gasteiger partial charge in [-0.2, -0.15) is 0 Å². The van der Waals surface area contributed by atoms with Gasteiger partial charge >= 0.3 is 5.97 Å². The van der Waals surface area contributed by atoms with E-state index in [0.717, 1.165) is 0 Å². The van der Waals surface area contributed by atoms with Crippen LogP contribution < -0.4 is 0 Å². The van der Waals surface area contributed by atoms with Crippen LogP contribution in [0.25, 0.3) is 0 Å². The Bertz CT molecular complexity index is 344. The zero-order valence-electron chi connectivity index (χ0n) is 7.20. The van der Waals surface area contributed by atoms with Crippen LogP contribution in [0.3, 0.4) is 0 Å². The van der Waals surface area contributed by atoms with Crippen LogP contribution in [0.5, 0.6) is 0 Å². The fourth-order valence-corrected chi connectivity index (χ4v) is 1.02. The van der Waals surface area contributed by atoms with Crippen LogP contribution in [0.2, 0.25) is 0 Å². The van der Waals surface area contributed by atoms with Gasteiger partial charge in [0.1, 0.15) is 5.69 Å². The lowest BCUT2D eigenvalue weighted by Gasteiger charge is -1.87. The van der Waals surface area contributed by atoms with Crippen LogP contribution in [0.1, 0.15) is 10.5 Å². The monoisotopic (exact) mass is 208 g/mol. The first kappa shape index (κ1) is 10.3. The topological polar surface area (TPSA) is 63.1 Å². The van der Waals surface area contributed by atoms with Crippen LogP contribution in [0.15, 0.2) is 41.5 Å². The van der Waals surface area contributed by atoms with Gasteiger partial charge in [0.2, 0.25) is 0 Å². The van der Waals surface area contributed by atoms with Crippen molar-refractivity contribution in [2.45, 2.75) is 0 Å².